The Kier molecular flexibility index (Phi) is 12.2. The number of halogens is 1. The molecule has 0 aromatic rings. The highest BCUT2D eigenvalue weighted by Gasteiger charge is 2.27. The molecule has 1 aliphatic heterocycles. The number of nitrogens with zero attached hydrogens (tertiary/aromatic N) is 3. The van der Waals surface area contributed by atoms with Crippen LogP contribution in [0, 0.1) is 0 Å². The Balaban J connectivity index is 0.00000529. The van der Waals surface area contributed by atoms with Crippen molar-refractivity contribution < 1.29 is 13.2 Å². The fourth-order valence-electron chi connectivity index (χ4n) is 2.34. The summed E-state index contributed by atoms with van der Waals surface area (Å²) in [4.78, 5) is 6.69. The average Bonchev–Trinajstić information content (AvgIpc) is 2.51. The van der Waals surface area contributed by atoms with Gasteiger partial charge in [0.15, 0.2) is 5.96 Å². The zero-order valence-electron chi connectivity index (χ0n) is 15.3. The van der Waals surface area contributed by atoms with Crippen LogP contribution < -0.4 is 5.32 Å². The highest BCUT2D eigenvalue weighted by molar-refractivity contribution is 14.0. The van der Waals surface area contributed by atoms with Crippen LogP contribution in [0.2, 0.25) is 0 Å². The first-order valence-corrected chi connectivity index (χ1v) is 10.1. The second kappa shape index (κ2) is 12.3. The van der Waals surface area contributed by atoms with Gasteiger partial charge in [-0.05, 0) is 27.2 Å². The van der Waals surface area contributed by atoms with Crippen molar-refractivity contribution in [2.75, 3.05) is 51.6 Å². The van der Waals surface area contributed by atoms with Crippen LogP contribution in [0.25, 0.3) is 0 Å². The monoisotopic (exact) mass is 476 g/mol. The minimum atomic E-state index is -3.24. The molecule has 1 saturated heterocycles. The second-order valence-electron chi connectivity index (χ2n) is 5.86. The van der Waals surface area contributed by atoms with E-state index in [1.54, 1.807) is 4.31 Å². The molecule has 1 aliphatic rings. The zero-order chi connectivity index (χ0) is 17.3. The Morgan fingerprint density at radius 2 is 1.83 bits per heavy atom. The summed E-state index contributed by atoms with van der Waals surface area (Å²) in [5.74, 6) is 0.935. The molecule has 0 saturated carbocycles. The standard InChI is InChI=1S/C15H32N4O3S.HI/c1-5-7-17-15(16-6-2)18-8-10-19(11-9-18)23(20,21)13-12-22-14(3)4;/h14H,5-13H2,1-4H3,(H,16,17);1H. The summed E-state index contributed by atoms with van der Waals surface area (Å²) in [6.07, 6.45) is 1.05. The maximum absolute atomic E-state index is 12.3. The number of hydrogen-bond donors (Lipinski definition) is 1. The molecule has 0 aromatic carbocycles. The number of hydrogen-bond acceptors (Lipinski definition) is 4. The Hall–Kier alpha value is -0.130. The summed E-state index contributed by atoms with van der Waals surface area (Å²) >= 11 is 0. The highest BCUT2D eigenvalue weighted by atomic mass is 127. The number of piperazine rings is 1. The Labute approximate surface area is 164 Å². The van der Waals surface area contributed by atoms with Crippen molar-refractivity contribution in [3.8, 4) is 0 Å². The third-order valence-electron chi connectivity index (χ3n) is 3.54. The molecule has 0 spiro atoms. The van der Waals surface area contributed by atoms with E-state index >= 15 is 0 Å². The zero-order valence-corrected chi connectivity index (χ0v) is 18.5. The smallest absolute Gasteiger partial charge is 0.216 e. The van der Waals surface area contributed by atoms with Crippen molar-refractivity contribution in [3.05, 3.63) is 0 Å². The van der Waals surface area contributed by atoms with Crippen LogP contribution in [0.15, 0.2) is 4.99 Å². The molecule has 0 aromatic heterocycles. The van der Waals surface area contributed by atoms with Gasteiger partial charge in [-0.3, -0.25) is 4.99 Å². The van der Waals surface area contributed by atoms with Gasteiger partial charge in [0.05, 0.1) is 18.5 Å². The van der Waals surface area contributed by atoms with E-state index in [4.69, 9.17) is 4.74 Å². The molecule has 144 valence electrons. The number of nitrogens with one attached hydrogen (secondary N) is 1. The fraction of sp³-hybridized carbons (Fsp3) is 0.933. The molecule has 0 amide bonds. The van der Waals surface area contributed by atoms with Gasteiger partial charge >= 0.3 is 0 Å². The van der Waals surface area contributed by atoms with Gasteiger partial charge in [-0.25, -0.2) is 8.42 Å². The van der Waals surface area contributed by atoms with Crippen LogP contribution in [0.5, 0.6) is 0 Å². The lowest BCUT2D eigenvalue weighted by Crippen LogP contribution is -2.54. The SMILES string of the molecule is CCCN=C(NCC)N1CCN(S(=O)(=O)CCOC(C)C)CC1.I. The summed E-state index contributed by atoms with van der Waals surface area (Å²) in [5, 5.41) is 3.28. The average molecular weight is 476 g/mol. The molecular formula is C15H33IN4O3S. The summed E-state index contributed by atoms with van der Waals surface area (Å²) in [7, 11) is -3.24. The Bertz CT molecular complexity index is 463. The number of rotatable bonds is 8. The van der Waals surface area contributed by atoms with Crippen molar-refractivity contribution in [1.82, 2.24) is 14.5 Å². The largest absolute Gasteiger partial charge is 0.378 e. The first-order valence-electron chi connectivity index (χ1n) is 8.53. The Morgan fingerprint density at radius 3 is 2.33 bits per heavy atom. The van der Waals surface area contributed by atoms with E-state index in [9.17, 15) is 8.42 Å². The maximum atomic E-state index is 12.3. The van der Waals surface area contributed by atoms with E-state index in [1.165, 1.54) is 0 Å². The maximum Gasteiger partial charge on any atom is 0.216 e. The van der Waals surface area contributed by atoms with Crippen LogP contribution in [-0.2, 0) is 14.8 Å². The van der Waals surface area contributed by atoms with Gasteiger partial charge in [0.25, 0.3) is 0 Å². The van der Waals surface area contributed by atoms with Crippen LogP contribution in [0.1, 0.15) is 34.1 Å². The van der Waals surface area contributed by atoms with Crippen LogP contribution in [0.3, 0.4) is 0 Å². The minimum absolute atomic E-state index is 0. The van der Waals surface area contributed by atoms with E-state index in [0.717, 1.165) is 25.5 Å². The number of sulfonamides is 1. The Morgan fingerprint density at radius 1 is 1.21 bits per heavy atom. The van der Waals surface area contributed by atoms with Gasteiger partial charge in [-0.2, -0.15) is 4.31 Å². The van der Waals surface area contributed by atoms with E-state index in [1.807, 2.05) is 20.8 Å². The third-order valence-corrected chi connectivity index (χ3v) is 5.38. The molecule has 1 rings (SSSR count). The minimum Gasteiger partial charge on any atom is -0.378 e. The lowest BCUT2D eigenvalue weighted by Gasteiger charge is -2.35. The first-order chi connectivity index (χ1) is 10.9. The summed E-state index contributed by atoms with van der Waals surface area (Å²) in [5.41, 5.74) is 0. The molecule has 0 radical (unpaired) electrons. The predicted octanol–water partition coefficient (Wildman–Crippen LogP) is 1.35. The molecular weight excluding hydrogens is 443 g/mol. The fourth-order valence-corrected chi connectivity index (χ4v) is 3.62. The van der Waals surface area contributed by atoms with Crippen LogP contribution in [0.4, 0.5) is 0 Å². The van der Waals surface area contributed by atoms with Gasteiger partial charge in [0.2, 0.25) is 10.0 Å². The van der Waals surface area contributed by atoms with Gasteiger partial charge in [-0.1, -0.05) is 6.92 Å². The normalized spacial score (nSPS) is 17.0. The first kappa shape index (κ1) is 23.9. The summed E-state index contributed by atoms with van der Waals surface area (Å²) in [6.45, 7) is 12.1. The molecule has 9 heteroatoms. The summed E-state index contributed by atoms with van der Waals surface area (Å²) < 4.78 is 31.6. The van der Waals surface area contributed by atoms with Gasteiger partial charge in [0, 0.05) is 39.3 Å². The number of aliphatic imine (C=N–C) groups is 1. The highest BCUT2D eigenvalue weighted by Crippen LogP contribution is 2.09. The molecule has 0 aliphatic carbocycles. The summed E-state index contributed by atoms with van der Waals surface area (Å²) in [6, 6.07) is 0. The molecule has 1 N–H and O–H groups in total. The van der Waals surface area contributed by atoms with Crippen molar-refractivity contribution >= 4 is 40.0 Å². The van der Waals surface area contributed by atoms with Crippen LogP contribution in [-0.4, -0.2) is 81.3 Å². The van der Waals surface area contributed by atoms with Gasteiger partial charge in [0.1, 0.15) is 0 Å². The predicted molar refractivity (Wildman–Crippen MR) is 110 cm³/mol. The molecule has 0 atom stereocenters. The third kappa shape index (κ3) is 8.30. The lowest BCUT2D eigenvalue weighted by molar-refractivity contribution is 0.0904. The molecule has 0 unspecified atom stereocenters. The van der Waals surface area contributed by atoms with Crippen molar-refractivity contribution in [2.24, 2.45) is 4.99 Å². The molecule has 1 heterocycles. The molecule has 0 bridgehead atoms. The number of ether oxygens (including phenoxy) is 1. The van der Waals surface area contributed by atoms with E-state index in [-0.39, 0.29) is 42.4 Å². The van der Waals surface area contributed by atoms with Gasteiger partial charge < -0.3 is 15.0 Å². The molecule has 7 nitrogen and oxygen atoms in total. The van der Waals surface area contributed by atoms with E-state index in [2.05, 4.69) is 22.1 Å². The number of guanidine groups is 1. The quantitative estimate of drug-likeness (QED) is 0.325. The lowest BCUT2D eigenvalue weighted by atomic mass is 10.4. The van der Waals surface area contributed by atoms with E-state index in [0.29, 0.717) is 26.2 Å². The van der Waals surface area contributed by atoms with Crippen molar-refractivity contribution in [1.29, 1.82) is 0 Å². The van der Waals surface area contributed by atoms with Crippen molar-refractivity contribution in [3.63, 3.8) is 0 Å². The van der Waals surface area contributed by atoms with Gasteiger partial charge in [-0.15, -0.1) is 24.0 Å². The van der Waals surface area contributed by atoms with Crippen molar-refractivity contribution in [2.45, 2.75) is 40.2 Å². The molecule has 1 fully saturated rings. The second-order valence-corrected chi connectivity index (χ2v) is 7.95. The topological polar surface area (TPSA) is 74.2 Å². The van der Waals surface area contributed by atoms with E-state index < -0.39 is 10.0 Å². The molecule has 24 heavy (non-hydrogen) atoms. The van der Waals surface area contributed by atoms with Crippen LogP contribution >= 0.6 is 24.0 Å².